The number of ether oxygens (including phenoxy) is 2. The van der Waals surface area contributed by atoms with E-state index in [-0.39, 0.29) is 28.6 Å². The predicted octanol–water partition coefficient (Wildman–Crippen LogP) is 6.66. The molecule has 0 aliphatic carbocycles. The van der Waals surface area contributed by atoms with E-state index in [4.69, 9.17) is 17.0 Å². The Bertz CT molecular complexity index is 1780. The molecule has 238 valence electrons. The number of hydrazone groups is 1. The average molecular weight is 668 g/mol. The van der Waals surface area contributed by atoms with Crippen LogP contribution in [0.15, 0.2) is 83.2 Å². The third-order valence-electron chi connectivity index (χ3n) is 6.59. The van der Waals surface area contributed by atoms with Crippen LogP contribution >= 0.6 is 24.0 Å². The molecule has 2 heterocycles. The maximum Gasteiger partial charge on any atom is 0.573 e. The second-order valence-corrected chi connectivity index (χ2v) is 11.4. The van der Waals surface area contributed by atoms with Crippen molar-refractivity contribution in [2.45, 2.75) is 39.7 Å². The number of nitrogens with one attached hydrogen (secondary N) is 1. The Hall–Kier alpha value is -4.76. The van der Waals surface area contributed by atoms with Crippen LogP contribution in [0.25, 0.3) is 17.1 Å². The Morgan fingerprint density at radius 3 is 2.59 bits per heavy atom. The van der Waals surface area contributed by atoms with Gasteiger partial charge in [-0.15, -0.1) is 18.3 Å². The van der Waals surface area contributed by atoms with E-state index >= 15 is 0 Å². The minimum atomic E-state index is -4.76. The first-order valence-corrected chi connectivity index (χ1v) is 15.4. The van der Waals surface area contributed by atoms with E-state index in [0.29, 0.717) is 28.1 Å². The molecule has 1 fully saturated rings. The number of amides is 1. The molecule has 46 heavy (non-hydrogen) atoms. The molecule has 0 saturated carbocycles. The fourth-order valence-corrected chi connectivity index (χ4v) is 5.26. The number of amidine groups is 1. The Balaban J connectivity index is 1.21. The van der Waals surface area contributed by atoms with Gasteiger partial charge in [-0.05, 0) is 80.0 Å². The number of hydrogen-bond donors (Lipinski definition) is 1. The second kappa shape index (κ2) is 14.1. The van der Waals surface area contributed by atoms with E-state index in [1.165, 1.54) is 51.9 Å². The molecule has 1 aliphatic heterocycles. The first-order valence-electron chi connectivity index (χ1n) is 14.0. The quantitative estimate of drug-likeness (QED) is 0.120. The number of rotatable bonds is 9. The predicted molar refractivity (Wildman–Crippen MR) is 176 cm³/mol. The highest BCUT2D eigenvalue weighted by Gasteiger charge is 2.33. The van der Waals surface area contributed by atoms with Gasteiger partial charge in [-0.1, -0.05) is 49.0 Å². The SMILES string of the molecule is CCC(C)Oc1ccc(C)cc1N1C(=O)CS/C1=N\C(=S)N/N=C/c1ccc(-c2ncn(-c3ccc(OC(F)(F)F)cc3)n2)cc1. The van der Waals surface area contributed by atoms with Gasteiger partial charge in [-0.3, -0.25) is 15.1 Å². The maximum atomic E-state index is 12.9. The van der Waals surface area contributed by atoms with E-state index in [1.54, 1.807) is 18.3 Å². The molecule has 1 atom stereocenters. The van der Waals surface area contributed by atoms with Gasteiger partial charge >= 0.3 is 6.36 Å². The molecule has 10 nitrogen and oxygen atoms in total. The lowest BCUT2D eigenvalue weighted by molar-refractivity contribution is -0.274. The number of carbonyl (C=O) groups excluding carboxylic acids is 1. The molecule has 0 radical (unpaired) electrons. The van der Waals surface area contributed by atoms with Crippen LogP contribution in [0.3, 0.4) is 0 Å². The van der Waals surface area contributed by atoms with Gasteiger partial charge in [0.2, 0.25) is 11.0 Å². The highest BCUT2D eigenvalue weighted by atomic mass is 32.2. The summed E-state index contributed by atoms with van der Waals surface area (Å²) in [6.45, 7) is 5.95. The number of thioether (sulfide) groups is 1. The lowest BCUT2D eigenvalue weighted by Gasteiger charge is -2.22. The van der Waals surface area contributed by atoms with Gasteiger partial charge in [0.1, 0.15) is 17.8 Å². The number of anilines is 1. The van der Waals surface area contributed by atoms with Crippen molar-refractivity contribution in [3.05, 3.63) is 84.2 Å². The van der Waals surface area contributed by atoms with Crippen LogP contribution in [-0.2, 0) is 4.79 Å². The third kappa shape index (κ3) is 8.28. The van der Waals surface area contributed by atoms with Gasteiger partial charge in [0.15, 0.2) is 11.0 Å². The maximum absolute atomic E-state index is 12.9. The molecule has 1 unspecified atom stereocenters. The third-order valence-corrected chi connectivity index (χ3v) is 7.70. The molecule has 3 aromatic carbocycles. The van der Waals surface area contributed by atoms with Crippen molar-refractivity contribution >= 4 is 52.1 Å². The highest BCUT2D eigenvalue weighted by Crippen LogP contribution is 2.36. The van der Waals surface area contributed by atoms with Crippen LogP contribution in [0.1, 0.15) is 31.4 Å². The molecule has 1 saturated heterocycles. The average Bonchev–Trinajstić information content (AvgIpc) is 3.65. The Morgan fingerprint density at radius 1 is 1.15 bits per heavy atom. The number of nitrogens with zero attached hydrogens (tertiary/aromatic N) is 6. The summed E-state index contributed by atoms with van der Waals surface area (Å²) in [5, 5.41) is 9.10. The first kappa shape index (κ1) is 32.6. The van der Waals surface area contributed by atoms with Gasteiger partial charge in [0.25, 0.3) is 0 Å². The summed E-state index contributed by atoms with van der Waals surface area (Å²) in [6, 6.07) is 18.2. The second-order valence-electron chi connectivity index (χ2n) is 10.1. The fraction of sp³-hybridized carbons (Fsp3) is 0.226. The number of carbonyl (C=O) groups is 1. The Kier molecular flexibility index (Phi) is 10.0. The van der Waals surface area contributed by atoms with Crippen LogP contribution in [0.5, 0.6) is 11.5 Å². The van der Waals surface area contributed by atoms with Gasteiger partial charge < -0.3 is 9.47 Å². The Morgan fingerprint density at radius 2 is 1.89 bits per heavy atom. The van der Waals surface area contributed by atoms with Gasteiger partial charge in [0, 0.05) is 5.56 Å². The van der Waals surface area contributed by atoms with Crippen LogP contribution in [0.2, 0.25) is 0 Å². The van der Waals surface area contributed by atoms with Crippen molar-refractivity contribution in [3.8, 4) is 28.6 Å². The minimum absolute atomic E-state index is 0.0249. The number of hydrogen-bond acceptors (Lipinski definition) is 8. The van der Waals surface area contributed by atoms with E-state index in [0.717, 1.165) is 23.1 Å². The van der Waals surface area contributed by atoms with Crippen molar-refractivity contribution in [1.29, 1.82) is 0 Å². The van der Waals surface area contributed by atoms with Crippen molar-refractivity contribution in [3.63, 3.8) is 0 Å². The van der Waals surface area contributed by atoms with Crippen molar-refractivity contribution in [2.24, 2.45) is 10.1 Å². The zero-order valence-electron chi connectivity index (χ0n) is 24.9. The summed E-state index contributed by atoms with van der Waals surface area (Å²) in [6.07, 6.45) is -0.938. The molecule has 0 bridgehead atoms. The number of aromatic nitrogens is 3. The zero-order chi connectivity index (χ0) is 32.8. The minimum Gasteiger partial charge on any atom is -0.489 e. The first-order chi connectivity index (χ1) is 22.0. The zero-order valence-corrected chi connectivity index (χ0v) is 26.5. The standard InChI is InChI=1S/C31H28F3N7O3S2/c1-4-20(3)43-26-14-5-19(2)15-25(26)41-27(42)17-46-30(41)37-29(45)38-36-16-21-6-8-22(9-7-21)28-35-18-40(39-28)23-10-12-24(13-11-23)44-31(32,33)34/h5-16,18,20H,4,17H2,1-3H3,(H,38,45)/b36-16+,37-30-. The summed E-state index contributed by atoms with van der Waals surface area (Å²) in [7, 11) is 0. The molecule has 15 heteroatoms. The highest BCUT2D eigenvalue weighted by molar-refractivity contribution is 8.15. The Labute approximate surface area is 272 Å². The smallest absolute Gasteiger partial charge is 0.489 e. The van der Waals surface area contributed by atoms with E-state index in [9.17, 15) is 18.0 Å². The molecular weight excluding hydrogens is 640 g/mol. The van der Waals surface area contributed by atoms with Crippen LogP contribution in [0.4, 0.5) is 18.9 Å². The molecule has 0 spiro atoms. The number of halogens is 3. The number of thiocarbonyl (C=S) groups is 1. The summed E-state index contributed by atoms with van der Waals surface area (Å²) >= 11 is 6.67. The monoisotopic (exact) mass is 667 g/mol. The van der Waals surface area contributed by atoms with Crippen molar-refractivity contribution in [2.75, 3.05) is 10.7 Å². The lowest BCUT2D eigenvalue weighted by Crippen LogP contribution is -2.31. The summed E-state index contributed by atoms with van der Waals surface area (Å²) in [5.74, 6) is 0.800. The lowest BCUT2D eigenvalue weighted by atomic mass is 10.1. The van der Waals surface area contributed by atoms with E-state index in [2.05, 4.69) is 30.3 Å². The van der Waals surface area contributed by atoms with Gasteiger partial charge in [-0.2, -0.15) is 10.1 Å². The number of aliphatic imine (C=N–C) groups is 1. The van der Waals surface area contributed by atoms with Crippen LogP contribution in [-0.4, -0.2) is 55.4 Å². The molecule has 1 amide bonds. The van der Waals surface area contributed by atoms with Crippen molar-refractivity contribution < 1.29 is 27.4 Å². The molecule has 1 aromatic heterocycles. The van der Waals surface area contributed by atoms with Crippen LogP contribution in [0, 0.1) is 6.92 Å². The normalized spacial score (nSPS) is 15.0. The fourth-order valence-electron chi connectivity index (χ4n) is 4.20. The topological polar surface area (TPSA) is 106 Å². The largest absolute Gasteiger partial charge is 0.573 e. The van der Waals surface area contributed by atoms with Crippen LogP contribution < -0.4 is 19.8 Å². The van der Waals surface area contributed by atoms with Crippen molar-refractivity contribution in [1.82, 2.24) is 20.2 Å². The molecule has 4 aromatic rings. The number of benzene rings is 3. The molecular formula is C31H28F3N7O3S2. The molecule has 1 N–H and O–H groups in total. The van der Waals surface area contributed by atoms with Gasteiger partial charge in [-0.25, -0.2) is 9.67 Å². The van der Waals surface area contributed by atoms with E-state index in [1.807, 2.05) is 51.1 Å². The summed E-state index contributed by atoms with van der Waals surface area (Å²) in [4.78, 5) is 23.1. The molecule has 5 rings (SSSR count). The summed E-state index contributed by atoms with van der Waals surface area (Å²) < 4.78 is 48.7. The summed E-state index contributed by atoms with van der Waals surface area (Å²) in [5.41, 5.74) is 6.32. The number of aryl methyl sites for hydroxylation is 1. The molecule has 1 aliphatic rings. The van der Waals surface area contributed by atoms with Gasteiger partial charge in [0.05, 0.1) is 29.4 Å². The van der Waals surface area contributed by atoms with E-state index < -0.39 is 6.36 Å². The number of alkyl halides is 3.